The van der Waals surface area contributed by atoms with Gasteiger partial charge in [-0.15, -0.1) is 0 Å². The quantitative estimate of drug-likeness (QED) is 0.484. The Balaban J connectivity index is 1.46. The number of hydrogen-bond donors (Lipinski definition) is 2. The van der Waals surface area contributed by atoms with Crippen molar-refractivity contribution in [2.75, 3.05) is 26.2 Å². The molecule has 0 bridgehead atoms. The number of carboxylic acid groups (broad SMARTS) is 1. The zero-order valence-corrected chi connectivity index (χ0v) is 17.8. The molecular weight excluding hydrogens is 400 g/mol. The lowest BCUT2D eigenvalue weighted by molar-refractivity contribution is -0.144. The lowest BCUT2D eigenvalue weighted by Crippen LogP contribution is -2.49. The smallest absolute Gasteiger partial charge is 0.325 e. The van der Waals surface area contributed by atoms with Crippen LogP contribution in [0.15, 0.2) is 79.0 Å². The third-order valence-corrected chi connectivity index (χ3v) is 6.20. The third-order valence-electron chi connectivity index (χ3n) is 6.20. The summed E-state index contributed by atoms with van der Waals surface area (Å²) in [5.41, 5.74) is 4.73. The zero-order valence-electron chi connectivity index (χ0n) is 17.8. The second-order valence-electron chi connectivity index (χ2n) is 8.20. The Labute approximate surface area is 187 Å². The highest BCUT2D eigenvalue weighted by molar-refractivity contribution is 5.95. The molecule has 1 saturated heterocycles. The number of aromatic amines is 1. The molecule has 2 N–H and O–H groups in total. The Kier molecular flexibility index (Phi) is 5.71. The molecular formula is C26H26N4O2. The summed E-state index contributed by atoms with van der Waals surface area (Å²) in [7, 11) is 0. The van der Waals surface area contributed by atoms with Crippen LogP contribution in [-0.4, -0.2) is 57.0 Å². The molecule has 1 aliphatic rings. The maximum absolute atomic E-state index is 12.6. The number of carbonyl (C=O) groups is 1. The van der Waals surface area contributed by atoms with E-state index in [1.54, 1.807) is 0 Å². The van der Waals surface area contributed by atoms with E-state index in [1.165, 1.54) is 0 Å². The highest BCUT2D eigenvalue weighted by Gasteiger charge is 2.34. The maximum atomic E-state index is 12.6. The number of carboxylic acids is 1. The van der Waals surface area contributed by atoms with Crippen LogP contribution in [0.3, 0.4) is 0 Å². The minimum absolute atomic E-state index is 0.692. The van der Waals surface area contributed by atoms with Gasteiger partial charge in [0, 0.05) is 55.4 Å². The van der Waals surface area contributed by atoms with Gasteiger partial charge in [0.2, 0.25) is 0 Å². The molecule has 6 heteroatoms. The number of nitrogens with zero attached hydrogens (tertiary/aromatic N) is 3. The predicted molar refractivity (Wildman–Crippen MR) is 125 cm³/mol. The fourth-order valence-corrected chi connectivity index (χ4v) is 4.64. The monoisotopic (exact) mass is 426 g/mol. The van der Waals surface area contributed by atoms with Crippen LogP contribution >= 0.6 is 0 Å². The van der Waals surface area contributed by atoms with Crippen LogP contribution in [0, 0.1) is 0 Å². The van der Waals surface area contributed by atoms with E-state index in [2.05, 4.69) is 19.8 Å². The molecule has 0 spiro atoms. The van der Waals surface area contributed by atoms with Crippen molar-refractivity contribution in [1.29, 1.82) is 0 Å². The minimum atomic E-state index is -0.815. The second-order valence-corrected chi connectivity index (χ2v) is 8.20. The summed E-state index contributed by atoms with van der Waals surface area (Å²) in [6.07, 6.45) is 1.81. The molecule has 1 aliphatic heterocycles. The molecule has 6 nitrogen and oxygen atoms in total. The molecule has 32 heavy (non-hydrogen) atoms. The van der Waals surface area contributed by atoms with E-state index >= 15 is 0 Å². The van der Waals surface area contributed by atoms with Gasteiger partial charge in [-0.05, 0) is 23.8 Å². The van der Waals surface area contributed by atoms with Crippen LogP contribution < -0.4 is 0 Å². The largest absolute Gasteiger partial charge is 0.480 e. The average molecular weight is 427 g/mol. The van der Waals surface area contributed by atoms with Gasteiger partial charge in [0.1, 0.15) is 6.04 Å². The van der Waals surface area contributed by atoms with Gasteiger partial charge in [-0.1, -0.05) is 54.6 Å². The van der Waals surface area contributed by atoms with Gasteiger partial charge in [-0.3, -0.25) is 19.6 Å². The van der Waals surface area contributed by atoms with E-state index in [9.17, 15) is 9.90 Å². The van der Waals surface area contributed by atoms with Gasteiger partial charge in [0.25, 0.3) is 0 Å². The van der Waals surface area contributed by atoms with Crippen molar-refractivity contribution >= 4 is 16.9 Å². The number of para-hydroxylation sites is 1. The van der Waals surface area contributed by atoms with Gasteiger partial charge in [-0.2, -0.15) is 0 Å². The molecule has 0 radical (unpaired) electrons. The number of aromatic nitrogens is 2. The third kappa shape index (κ3) is 4.02. The summed E-state index contributed by atoms with van der Waals surface area (Å²) < 4.78 is 0. The van der Waals surface area contributed by atoms with Crippen LogP contribution in [0.25, 0.3) is 22.2 Å². The SMILES string of the molecule is O=C(O)[C@@H](c1c(-c2ccccc2)[nH]c2ccccc12)N1CCN(Cc2ccccn2)CC1. The molecule has 2 aromatic heterocycles. The second kappa shape index (κ2) is 8.94. The van der Waals surface area contributed by atoms with Gasteiger partial charge in [0.15, 0.2) is 0 Å². The summed E-state index contributed by atoms with van der Waals surface area (Å²) >= 11 is 0. The van der Waals surface area contributed by atoms with Crippen LogP contribution in [-0.2, 0) is 11.3 Å². The first-order chi connectivity index (χ1) is 15.7. The number of pyridine rings is 1. The van der Waals surface area contributed by atoms with Crippen molar-refractivity contribution < 1.29 is 9.90 Å². The highest BCUT2D eigenvalue weighted by Crippen LogP contribution is 2.37. The van der Waals surface area contributed by atoms with Crippen LogP contribution in [0.5, 0.6) is 0 Å². The molecule has 1 atom stereocenters. The molecule has 3 heterocycles. The molecule has 5 rings (SSSR count). The Morgan fingerprint density at radius 2 is 1.66 bits per heavy atom. The van der Waals surface area contributed by atoms with Gasteiger partial charge < -0.3 is 10.1 Å². The summed E-state index contributed by atoms with van der Waals surface area (Å²) in [6, 6.07) is 23.2. The Bertz CT molecular complexity index is 1200. The standard InChI is InChI=1S/C26H26N4O2/c31-26(32)25(30-16-14-29(15-17-30)18-20-10-6-7-13-27-20)23-21-11-4-5-12-22(21)28-24(23)19-8-2-1-3-9-19/h1-13,25,28H,14-18H2,(H,31,32)/t25-/m1/s1. The summed E-state index contributed by atoms with van der Waals surface area (Å²) in [6.45, 7) is 3.79. The van der Waals surface area contributed by atoms with Crippen LogP contribution in [0.1, 0.15) is 17.3 Å². The number of hydrogen-bond acceptors (Lipinski definition) is 4. The molecule has 4 aromatic rings. The van der Waals surface area contributed by atoms with Gasteiger partial charge in [0.05, 0.1) is 11.4 Å². The highest BCUT2D eigenvalue weighted by atomic mass is 16.4. The number of nitrogens with one attached hydrogen (secondary N) is 1. The Morgan fingerprint density at radius 1 is 0.938 bits per heavy atom. The van der Waals surface area contributed by atoms with Crippen molar-refractivity contribution in [2.24, 2.45) is 0 Å². The molecule has 1 fully saturated rings. The van der Waals surface area contributed by atoms with E-state index in [4.69, 9.17) is 0 Å². The Hall–Kier alpha value is -3.48. The number of aliphatic carboxylic acids is 1. The molecule has 0 aliphatic carbocycles. The van der Waals surface area contributed by atoms with Crippen molar-refractivity contribution in [2.45, 2.75) is 12.6 Å². The van der Waals surface area contributed by atoms with Gasteiger partial charge in [-0.25, -0.2) is 0 Å². The first kappa shape index (κ1) is 20.4. The number of fused-ring (bicyclic) bond motifs is 1. The lowest BCUT2D eigenvalue weighted by Gasteiger charge is -2.37. The molecule has 0 saturated carbocycles. The summed E-state index contributed by atoms with van der Waals surface area (Å²) in [5.74, 6) is -0.815. The van der Waals surface area contributed by atoms with E-state index in [0.29, 0.717) is 13.1 Å². The van der Waals surface area contributed by atoms with Gasteiger partial charge >= 0.3 is 5.97 Å². The first-order valence-electron chi connectivity index (χ1n) is 11.0. The lowest BCUT2D eigenvalue weighted by atomic mass is 9.97. The number of piperazine rings is 1. The molecule has 0 unspecified atom stereocenters. The summed E-state index contributed by atoms with van der Waals surface area (Å²) in [5, 5.41) is 11.3. The first-order valence-corrected chi connectivity index (χ1v) is 11.0. The number of rotatable bonds is 6. The average Bonchev–Trinajstić information content (AvgIpc) is 3.21. The maximum Gasteiger partial charge on any atom is 0.325 e. The van der Waals surface area contributed by atoms with E-state index in [-0.39, 0.29) is 0 Å². The molecule has 2 aromatic carbocycles. The molecule has 162 valence electrons. The number of benzene rings is 2. The van der Waals surface area contributed by atoms with Crippen molar-refractivity contribution in [1.82, 2.24) is 19.8 Å². The predicted octanol–water partition coefficient (Wildman–Crippen LogP) is 4.17. The fraction of sp³-hybridized carbons (Fsp3) is 0.231. The van der Waals surface area contributed by atoms with Crippen LogP contribution in [0.4, 0.5) is 0 Å². The normalized spacial score (nSPS) is 16.2. The van der Waals surface area contributed by atoms with E-state index in [1.807, 2.05) is 79.0 Å². The molecule has 0 amide bonds. The fourth-order valence-electron chi connectivity index (χ4n) is 4.64. The topological polar surface area (TPSA) is 72.5 Å². The van der Waals surface area contributed by atoms with Crippen LogP contribution in [0.2, 0.25) is 0 Å². The van der Waals surface area contributed by atoms with Crippen molar-refractivity contribution in [3.63, 3.8) is 0 Å². The van der Waals surface area contributed by atoms with Crippen molar-refractivity contribution in [3.8, 4) is 11.3 Å². The Morgan fingerprint density at radius 3 is 2.38 bits per heavy atom. The van der Waals surface area contributed by atoms with Crippen molar-refractivity contribution in [3.05, 3.63) is 90.3 Å². The zero-order chi connectivity index (χ0) is 21.9. The summed E-state index contributed by atoms with van der Waals surface area (Å²) in [4.78, 5) is 25.0. The van der Waals surface area contributed by atoms with E-state index < -0.39 is 12.0 Å². The minimum Gasteiger partial charge on any atom is -0.480 e. The van der Waals surface area contributed by atoms with E-state index in [0.717, 1.165) is 53.1 Å². The number of H-pyrrole nitrogens is 1.